The standard InChI is InChI=1S/C22H24N6O2/c1-14-25-12-19(15-5-7-24-21(10-15)27-13-23)22(28-14)30-8-6-16-9-18(16)20-4-3-17(29-2)11-26-20/h3-5,7,10-13,16,18H,6,8-9H2,1-2H3,(H2,23,24,27)/t16-,18-/m0/s1. The van der Waals surface area contributed by atoms with Crippen molar-refractivity contribution in [3.05, 3.63) is 54.4 Å². The molecule has 0 saturated heterocycles. The summed E-state index contributed by atoms with van der Waals surface area (Å²) >= 11 is 0. The van der Waals surface area contributed by atoms with E-state index >= 15 is 0 Å². The molecule has 8 nitrogen and oxygen atoms in total. The number of aliphatic imine (C=N–C) groups is 1. The zero-order valence-electron chi connectivity index (χ0n) is 17.0. The summed E-state index contributed by atoms with van der Waals surface area (Å²) in [5.41, 5.74) is 8.18. The molecule has 1 aliphatic rings. The number of ether oxygens (including phenoxy) is 2. The molecule has 2 atom stereocenters. The Hall–Kier alpha value is -3.55. The topological polar surface area (TPSA) is 108 Å². The summed E-state index contributed by atoms with van der Waals surface area (Å²) in [6, 6.07) is 7.71. The third kappa shape index (κ3) is 4.53. The number of aromatic nitrogens is 4. The maximum Gasteiger partial charge on any atom is 0.224 e. The summed E-state index contributed by atoms with van der Waals surface area (Å²) in [5.74, 6) is 3.59. The number of aryl methyl sites for hydroxylation is 1. The summed E-state index contributed by atoms with van der Waals surface area (Å²) in [4.78, 5) is 21.5. The van der Waals surface area contributed by atoms with E-state index in [1.54, 1.807) is 25.7 Å². The lowest BCUT2D eigenvalue weighted by Gasteiger charge is -2.11. The van der Waals surface area contributed by atoms with Gasteiger partial charge < -0.3 is 15.2 Å². The van der Waals surface area contributed by atoms with Crippen LogP contribution in [0.25, 0.3) is 11.1 Å². The molecule has 0 bridgehead atoms. The minimum Gasteiger partial charge on any atom is -0.495 e. The van der Waals surface area contributed by atoms with Gasteiger partial charge in [0.1, 0.15) is 11.6 Å². The van der Waals surface area contributed by atoms with Crippen LogP contribution in [-0.2, 0) is 0 Å². The lowest BCUT2D eigenvalue weighted by atomic mass is 10.1. The van der Waals surface area contributed by atoms with Crippen LogP contribution in [-0.4, -0.2) is 40.0 Å². The Balaban J connectivity index is 1.40. The van der Waals surface area contributed by atoms with Gasteiger partial charge in [0.25, 0.3) is 0 Å². The van der Waals surface area contributed by atoms with Gasteiger partial charge in [0.05, 0.1) is 31.8 Å². The molecule has 0 radical (unpaired) electrons. The fourth-order valence-electron chi connectivity index (χ4n) is 3.46. The first-order valence-electron chi connectivity index (χ1n) is 9.85. The Morgan fingerprint density at radius 2 is 2.10 bits per heavy atom. The van der Waals surface area contributed by atoms with Gasteiger partial charge in [-0.15, -0.1) is 0 Å². The maximum absolute atomic E-state index is 6.07. The van der Waals surface area contributed by atoms with E-state index in [1.807, 2.05) is 31.2 Å². The minimum atomic E-state index is 0.489. The summed E-state index contributed by atoms with van der Waals surface area (Å²) in [6.45, 7) is 2.43. The van der Waals surface area contributed by atoms with Gasteiger partial charge in [0, 0.05) is 24.0 Å². The third-order valence-corrected chi connectivity index (χ3v) is 5.16. The van der Waals surface area contributed by atoms with Crippen LogP contribution in [0.15, 0.2) is 47.8 Å². The summed E-state index contributed by atoms with van der Waals surface area (Å²) in [7, 11) is 1.65. The van der Waals surface area contributed by atoms with E-state index in [-0.39, 0.29) is 0 Å². The molecule has 1 saturated carbocycles. The van der Waals surface area contributed by atoms with Crippen molar-refractivity contribution in [3.63, 3.8) is 0 Å². The minimum absolute atomic E-state index is 0.489. The van der Waals surface area contributed by atoms with Crippen molar-refractivity contribution in [2.75, 3.05) is 13.7 Å². The second-order valence-electron chi connectivity index (χ2n) is 7.18. The Kier molecular flexibility index (Phi) is 5.83. The first kappa shape index (κ1) is 19.8. The van der Waals surface area contributed by atoms with Gasteiger partial charge in [-0.2, -0.15) is 4.98 Å². The van der Waals surface area contributed by atoms with Gasteiger partial charge in [0.15, 0.2) is 5.82 Å². The molecule has 3 heterocycles. The van der Waals surface area contributed by atoms with Crippen molar-refractivity contribution in [1.82, 2.24) is 19.9 Å². The van der Waals surface area contributed by atoms with Crippen molar-refractivity contribution in [1.29, 1.82) is 0 Å². The number of hydrogen-bond donors (Lipinski definition) is 1. The van der Waals surface area contributed by atoms with E-state index < -0.39 is 0 Å². The molecule has 3 aromatic heterocycles. The fraction of sp³-hybridized carbons (Fsp3) is 0.318. The van der Waals surface area contributed by atoms with Crippen LogP contribution < -0.4 is 15.2 Å². The summed E-state index contributed by atoms with van der Waals surface area (Å²) < 4.78 is 11.2. The van der Waals surface area contributed by atoms with Crippen LogP contribution in [0.2, 0.25) is 0 Å². The zero-order chi connectivity index (χ0) is 20.9. The largest absolute Gasteiger partial charge is 0.495 e. The highest BCUT2D eigenvalue weighted by molar-refractivity contribution is 5.70. The van der Waals surface area contributed by atoms with Gasteiger partial charge in [0.2, 0.25) is 5.88 Å². The Morgan fingerprint density at radius 1 is 1.20 bits per heavy atom. The highest BCUT2D eigenvalue weighted by atomic mass is 16.5. The first-order chi connectivity index (χ1) is 14.7. The molecule has 30 heavy (non-hydrogen) atoms. The van der Waals surface area contributed by atoms with Gasteiger partial charge >= 0.3 is 0 Å². The van der Waals surface area contributed by atoms with Gasteiger partial charge in [-0.05, 0) is 55.5 Å². The second-order valence-corrected chi connectivity index (χ2v) is 7.18. The lowest BCUT2D eigenvalue weighted by Crippen LogP contribution is -2.04. The molecular formula is C22H24N6O2. The van der Waals surface area contributed by atoms with Crippen molar-refractivity contribution in [3.8, 4) is 22.8 Å². The first-order valence-corrected chi connectivity index (χ1v) is 9.85. The van der Waals surface area contributed by atoms with Crippen LogP contribution in [0.1, 0.15) is 30.3 Å². The normalized spacial score (nSPS) is 17.8. The molecule has 1 fully saturated rings. The highest BCUT2D eigenvalue weighted by Crippen LogP contribution is 2.49. The second kappa shape index (κ2) is 8.86. The summed E-state index contributed by atoms with van der Waals surface area (Å²) in [5, 5.41) is 0. The van der Waals surface area contributed by atoms with Crippen LogP contribution >= 0.6 is 0 Å². The average Bonchev–Trinajstić information content (AvgIpc) is 3.54. The number of methoxy groups -OCH3 is 1. The van der Waals surface area contributed by atoms with Crippen molar-refractivity contribution >= 4 is 12.2 Å². The molecule has 0 unspecified atom stereocenters. The third-order valence-electron chi connectivity index (χ3n) is 5.16. The van der Waals surface area contributed by atoms with Crippen LogP contribution in [0.5, 0.6) is 11.6 Å². The molecule has 4 rings (SSSR count). The van der Waals surface area contributed by atoms with E-state index in [2.05, 4.69) is 24.9 Å². The fourth-order valence-corrected chi connectivity index (χ4v) is 3.46. The Bertz CT molecular complexity index is 1040. The predicted octanol–water partition coefficient (Wildman–Crippen LogP) is 3.44. The Morgan fingerprint density at radius 3 is 2.87 bits per heavy atom. The van der Waals surface area contributed by atoms with Gasteiger partial charge in [-0.1, -0.05) is 0 Å². The highest BCUT2D eigenvalue weighted by Gasteiger charge is 2.39. The smallest absolute Gasteiger partial charge is 0.224 e. The number of nitrogens with zero attached hydrogens (tertiary/aromatic N) is 5. The van der Waals surface area contributed by atoms with E-state index in [9.17, 15) is 0 Å². The van der Waals surface area contributed by atoms with Gasteiger partial charge in [-0.3, -0.25) is 4.98 Å². The number of rotatable bonds is 8. The predicted molar refractivity (Wildman–Crippen MR) is 114 cm³/mol. The van der Waals surface area contributed by atoms with Crippen LogP contribution in [0, 0.1) is 12.8 Å². The molecule has 0 aromatic carbocycles. The van der Waals surface area contributed by atoms with E-state index in [0.717, 1.165) is 35.4 Å². The summed E-state index contributed by atoms with van der Waals surface area (Å²) in [6.07, 6.45) is 8.51. The van der Waals surface area contributed by atoms with Gasteiger partial charge in [-0.25, -0.2) is 15.0 Å². The molecule has 154 valence electrons. The average molecular weight is 404 g/mol. The maximum atomic E-state index is 6.07. The van der Waals surface area contributed by atoms with Crippen molar-refractivity contribution < 1.29 is 9.47 Å². The zero-order valence-corrected chi connectivity index (χ0v) is 17.0. The van der Waals surface area contributed by atoms with E-state index in [1.165, 1.54) is 6.34 Å². The molecule has 0 spiro atoms. The van der Waals surface area contributed by atoms with Crippen molar-refractivity contribution in [2.45, 2.75) is 25.7 Å². The number of pyridine rings is 2. The van der Waals surface area contributed by atoms with Crippen LogP contribution in [0.4, 0.5) is 5.82 Å². The quantitative estimate of drug-likeness (QED) is 0.452. The number of hydrogen-bond acceptors (Lipinski definition) is 7. The SMILES string of the molecule is COc1ccc([C@H]2C[C@@H]2CCOc2nc(C)ncc2-c2ccnc(N=CN)c2)nc1. The van der Waals surface area contributed by atoms with Crippen molar-refractivity contribution in [2.24, 2.45) is 16.6 Å². The monoisotopic (exact) mass is 404 g/mol. The molecule has 0 amide bonds. The molecule has 1 aliphatic carbocycles. The molecule has 8 heteroatoms. The Labute approximate surface area is 175 Å². The van der Waals surface area contributed by atoms with E-state index in [0.29, 0.717) is 36.0 Å². The molecular weight excluding hydrogens is 380 g/mol. The number of nitrogens with two attached hydrogens (primary N) is 1. The molecule has 3 aromatic rings. The van der Waals surface area contributed by atoms with E-state index in [4.69, 9.17) is 15.2 Å². The lowest BCUT2D eigenvalue weighted by molar-refractivity contribution is 0.290. The molecule has 2 N–H and O–H groups in total. The van der Waals surface area contributed by atoms with Crippen LogP contribution in [0.3, 0.4) is 0 Å². The molecule has 0 aliphatic heterocycles.